The summed E-state index contributed by atoms with van der Waals surface area (Å²) in [6, 6.07) is 0.979. The van der Waals surface area contributed by atoms with E-state index < -0.39 is 23.2 Å². The Balaban J connectivity index is 1.95. The van der Waals surface area contributed by atoms with Gasteiger partial charge in [-0.15, -0.1) is 0 Å². The zero-order valence-corrected chi connectivity index (χ0v) is 15.5. The fourth-order valence-electron chi connectivity index (χ4n) is 4.05. The van der Waals surface area contributed by atoms with Crippen LogP contribution < -0.4 is 26.7 Å². The topological polar surface area (TPSA) is 123 Å². The highest BCUT2D eigenvalue weighted by molar-refractivity contribution is 5.91. The van der Waals surface area contributed by atoms with Crippen molar-refractivity contribution in [1.82, 2.24) is 9.24 Å². The van der Waals surface area contributed by atoms with Crippen molar-refractivity contribution in [3.05, 3.63) is 32.7 Å². The largest absolute Gasteiger partial charge is 0.492 e. The Morgan fingerprint density at radius 2 is 2.07 bits per heavy atom. The highest BCUT2D eigenvalue weighted by Gasteiger charge is 2.35. The van der Waals surface area contributed by atoms with E-state index in [9.17, 15) is 19.8 Å². The van der Waals surface area contributed by atoms with Crippen molar-refractivity contribution in [3.8, 4) is 5.75 Å². The zero-order valence-electron chi connectivity index (χ0n) is 15.5. The summed E-state index contributed by atoms with van der Waals surface area (Å²) in [5.74, 6) is 4.86. The molecule has 1 saturated heterocycles. The molecule has 0 radical (unpaired) electrons. The summed E-state index contributed by atoms with van der Waals surface area (Å²) in [5.41, 5.74) is -1.06. The van der Waals surface area contributed by atoms with Gasteiger partial charge in [-0.3, -0.25) is 9.36 Å². The monoisotopic (exact) mass is 394 g/mol. The van der Waals surface area contributed by atoms with E-state index in [4.69, 9.17) is 10.6 Å². The molecule has 152 valence electrons. The smallest absolute Gasteiger partial charge is 0.350 e. The molecule has 1 aromatic heterocycles. The number of hydrogen-bond acceptors (Lipinski definition) is 7. The first-order valence-electron chi connectivity index (χ1n) is 9.25. The van der Waals surface area contributed by atoms with Gasteiger partial charge in [0.25, 0.3) is 5.56 Å². The number of aliphatic hydroxyl groups excluding tert-OH is 2. The number of methoxy groups -OCH3 is 1. The third-order valence-corrected chi connectivity index (χ3v) is 5.67. The van der Waals surface area contributed by atoms with E-state index in [1.54, 1.807) is 4.90 Å². The van der Waals surface area contributed by atoms with E-state index in [0.29, 0.717) is 24.2 Å². The first kappa shape index (κ1) is 18.8. The number of nitrogens with two attached hydrogens (primary N) is 1. The van der Waals surface area contributed by atoms with Gasteiger partial charge >= 0.3 is 5.69 Å². The van der Waals surface area contributed by atoms with Crippen LogP contribution in [0, 0.1) is 11.7 Å². The van der Waals surface area contributed by atoms with Gasteiger partial charge in [-0.05, 0) is 25.3 Å². The molecule has 2 atom stereocenters. The number of rotatable bonds is 5. The zero-order chi connectivity index (χ0) is 20.2. The fourth-order valence-corrected chi connectivity index (χ4v) is 4.05. The van der Waals surface area contributed by atoms with Crippen molar-refractivity contribution >= 4 is 16.6 Å². The molecule has 4 rings (SSSR count). The van der Waals surface area contributed by atoms with Crippen molar-refractivity contribution in [2.24, 2.45) is 5.92 Å². The average molecular weight is 394 g/mol. The molecular weight excluding hydrogens is 371 g/mol. The summed E-state index contributed by atoms with van der Waals surface area (Å²) < 4.78 is 22.5. The Labute approximate surface area is 159 Å². The molecule has 0 bridgehead atoms. The summed E-state index contributed by atoms with van der Waals surface area (Å²) in [5, 5.41) is 19.1. The molecule has 0 spiro atoms. The Bertz CT molecular complexity index is 1050. The van der Waals surface area contributed by atoms with E-state index in [-0.39, 0.29) is 40.9 Å². The number of fused-ring (bicyclic) bond motifs is 1. The predicted molar refractivity (Wildman–Crippen MR) is 101 cm³/mol. The second-order valence-corrected chi connectivity index (χ2v) is 7.44. The van der Waals surface area contributed by atoms with Gasteiger partial charge in [0.15, 0.2) is 11.6 Å². The normalized spacial score (nSPS) is 20.7. The van der Waals surface area contributed by atoms with Crippen LogP contribution in [0.1, 0.15) is 25.3 Å². The van der Waals surface area contributed by atoms with Crippen LogP contribution in [0.2, 0.25) is 0 Å². The maximum absolute atomic E-state index is 15.1. The molecule has 28 heavy (non-hydrogen) atoms. The minimum absolute atomic E-state index is 0.0155. The molecular formula is C18H23FN4O5. The highest BCUT2D eigenvalue weighted by Crippen LogP contribution is 2.43. The van der Waals surface area contributed by atoms with Gasteiger partial charge in [0.1, 0.15) is 11.2 Å². The van der Waals surface area contributed by atoms with E-state index in [1.165, 1.54) is 11.7 Å². The van der Waals surface area contributed by atoms with Crippen molar-refractivity contribution in [3.63, 3.8) is 0 Å². The number of halogens is 1. The Morgan fingerprint density at radius 3 is 2.68 bits per heavy atom. The number of benzene rings is 1. The molecule has 9 nitrogen and oxygen atoms in total. The van der Waals surface area contributed by atoms with Crippen LogP contribution >= 0.6 is 0 Å². The average Bonchev–Trinajstić information content (AvgIpc) is 3.41. The predicted octanol–water partition coefficient (Wildman–Crippen LogP) is -0.461. The molecule has 1 aliphatic heterocycles. The van der Waals surface area contributed by atoms with Crippen molar-refractivity contribution < 1.29 is 19.3 Å². The first-order valence-corrected chi connectivity index (χ1v) is 9.25. The van der Waals surface area contributed by atoms with Crippen molar-refractivity contribution in [1.29, 1.82) is 0 Å². The van der Waals surface area contributed by atoms with E-state index in [2.05, 4.69) is 0 Å². The number of aliphatic hydroxyl groups is 2. The van der Waals surface area contributed by atoms with Crippen LogP contribution in [-0.4, -0.2) is 52.4 Å². The number of anilines is 1. The molecule has 4 N–H and O–H groups in total. The van der Waals surface area contributed by atoms with Gasteiger partial charge in [0, 0.05) is 25.0 Å². The molecule has 1 saturated carbocycles. The van der Waals surface area contributed by atoms with Crippen LogP contribution in [0.3, 0.4) is 0 Å². The Morgan fingerprint density at radius 1 is 1.36 bits per heavy atom. The van der Waals surface area contributed by atoms with Crippen LogP contribution in [-0.2, 0) is 0 Å². The van der Waals surface area contributed by atoms with Gasteiger partial charge < -0.3 is 25.7 Å². The minimum atomic E-state index is -0.895. The van der Waals surface area contributed by atoms with Gasteiger partial charge in [-0.25, -0.2) is 9.18 Å². The lowest BCUT2D eigenvalue weighted by Gasteiger charge is -2.25. The highest BCUT2D eigenvalue weighted by atomic mass is 19.1. The molecule has 10 heteroatoms. The molecule has 1 aromatic carbocycles. The molecule has 0 amide bonds. The number of nitrogens with zero attached hydrogens (tertiary/aromatic N) is 3. The summed E-state index contributed by atoms with van der Waals surface area (Å²) in [7, 11) is 1.36. The summed E-state index contributed by atoms with van der Waals surface area (Å²) in [4.78, 5) is 26.8. The summed E-state index contributed by atoms with van der Waals surface area (Å²) in [6.07, 6.45) is 1.20. The lowest BCUT2D eigenvalue weighted by molar-refractivity contribution is 0.0545. The fraction of sp³-hybridized carbons (Fsp3) is 0.556. The van der Waals surface area contributed by atoms with E-state index in [0.717, 1.165) is 18.9 Å². The maximum atomic E-state index is 15.1. The number of ether oxygens (including phenoxy) is 1. The van der Waals surface area contributed by atoms with E-state index in [1.807, 2.05) is 0 Å². The van der Waals surface area contributed by atoms with Gasteiger partial charge in [0.2, 0.25) is 0 Å². The quantitative estimate of drug-likeness (QED) is 0.587. The minimum Gasteiger partial charge on any atom is -0.492 e. The first-order chi connectivity index (χ1) is 13.4. The third-order valence-electron chi connectivity index (χ3n) is 5.67. The van der Waals surface area contributed by atoms with Crippen LogP contribution in [0.25, 0.3) is 10.9 Å². The Kier molecular flexibility index (Phi) is 4.54. The number of aromatic nitrogens is 2. The molecule has 2 heterocycles. The van der Waals surface area contributed by atoms with Crippen molar-refractivity contribution in [2.75, 3.05) is 37.5 Å². The lowest BCUT2D eigenvalue weighted by atomic mass is 10.0. The molecule has 2 unspecified atom stereocenters. The van der Waals surface area contributed by atoms with Gasteiger partial charge in [-0.2, -0.15) is 4.68 Å². The number of nitrogen functional groups attached to an aromatic ring is 1. The van der Waals surface area contributed by atoms with Crippen LogP contribution in [0.4, 0.5) is 10.1 Å². The molecule has 1 aliphatic carbocycles. The van der Waals surface area contributed by atoms with Gasteiger partial charge in [-0.1, -0.05) is 0 Å². The number of hydrogen-bond donors (Lipinski definition) is 3. The van der Waals surface area contributed by atoms with E-state index >= 15 is 4.39 Å². The second-order valence-electron chi connectivity index (χ2n) is 7.44. The standard InChI is InChI=1S/C18H23FN4O5/c1-28-16-14-11(17(26)23(20)18(27)22(14)10-2-3-10)6-12(19)15(16)21-5-4-9(7-21)13(25)8-24/h6,9-10,13,24-25H,2-5,7-8,20H2,1H3. The maximum Gasteiger partial charge on any atom is 0.350 e. The third kappa shape index (κ3) is 2.75. The molecule has 2 fully saturated rings. The molecule has 2 aromatic rings. The summed E-state index contributed by atoms with van der Waals surface area (Å²) in [6.45, 7) is 0.400. The lowest BCUT2D eigenvalue weighted by Crippen LogP contribution is -2.44. The summed E-state index contributed by atoms with van der Waals surface area (Å²) >= 11 is 0. The van der Waals surface area contributed by atoms with Crippen molar-refractivity contribution in [2.45, 2.75) is 31.4 Å². The Hall–Kier alpha value is -2.59. The van der Waals surface area contributed by atoms with Crippen LogP contribution in [0.5, 0.6) is 5.75 Å². The van der Waals surface area contributed by atoms with Gasteiger partial charge in [0.05, 0.1) is 25.2 Å². The SMILES string of the molecule is COc1c(N2CCC(C(O)CO)C2)c(F)cc2c(=O)n(N)c(=O)n(C3CC3)c12. The second kappa shape index (κ2) is 6.78. The molecule has 2 aliphatic rings. The van der Waals surface area contributed by atoms with Crippen LogP contribution in [0.15, 0.2) is 15.7 Å².